The minimum absolute atomic E-state index is 0.0746. The Bertz CT molecular complexity index is 1260. The summed E-state index contributed by atoms with van der Waals surface area (Å²) in [6.45, 7) is 3.22. The second-order valence-corrected chi connectivity index (χ2v) is 9.86. The van der Waals surface area contributed by atoms with Crippen molar-refractivity contribution in [3.63, 3.8) is 0 Å². The summed E-state index contributed by atoms with van der Waals surface area (Å²) in [5.41, 5.74) is -4.46. The number of nitrogens with zero attached hydrogens (tertiary/aromatic N) is 2. The summed E-state index contributed by atoms with van der Waals surface area (Å²) < 4.78 is 136. The predicted octanol–water partition coefficient (Wildman–Crippen LogP) is 8.36. The van der Waals surface area contributed by atoms with Crippen molar-refractivity contribution in [2.75, 3.05) is 12.0 Å². The minimum atomic E-state index is -5.23. The Morgan fingerprint density at radius 2 is 1.48 bits per heavy atom. The van der Waals surface area contributed by atoms with Crippen LogP contribution in [0.15, 0.2) is 42.5 Å². The fourth-order valence-corrected chi connectivity index (χ4v) is 5.09. The number of anilines is 1. The smallest absolute Gasteiger partial charge is 0.416 e. The molecule has 232 valence electrons. The van der Waals surface area contributed by atoms with Gasteiger partial charge in [0, 0.05) is 6.54 Å². The lowest BCUT2D eigenvalue weighted by molar-refractivity contribution is -0.199. The Labute approximate surface area is 235 Å². The number of ether oxygens (including phenoxy) is 2. The van der Waals surface area contributed by atoms with Gasteiger partial charge in [-0.05, 0) is 55.7 Å². The zero-order chi connectivity index (χ0) is 31.8. The van der Waals surface area contributed by atoms with Crippen molar-refractivity contribution >= 4 is 17.9 Å². The molecule has 6 nitrogen and oxygen atoms in total. The Morgan fingerprint density at radius 3 is 1.93 bits per heavy atom. The first-order valence-electron chi connectivity index (χ1n) is 12.6. The van der Waals surface area contributed by atoms with E-state index in [4.69, 9.17) is 4.74 Å². The quantitative estimate of drug-likeness (QED) is 0.318. The molecule has 15 heteroatoms. The molecule has 0 radical (unpaired) electrons. The van der Waals surface area contributed by atoms with Crippen molar-refractivity contribution in [1.29, 1.82) is 0 Å². The average Bonchev–Trinajstić information content (AvgIpc) is 2.87. The molecule has 0 spiro atoms. The van der Waals surface area contributed by atoms with Crippen molar-refractivity contribution in [3.8, 4) is 0 Å². The van der Waals surface area contributed by atoms with Crippen LogP contribution in [0, 0.1) is 5.92 Å². The van der Waals surface area contributed by atoms with E-state index >= 15 is 0 Å². The molecule has 1 heterocycles. The van der Waals surface area contributed by atoms with Gasteiger partial charge in [-0.3, -0.25) is 9.80 Å². The molecule has 0 N–H and O–H groups in total. The van der Waals surface area contributed by atoms with Gasteiger partial charge in [-0.15, -0.1) is 0 Å². The summed E-state index contributed by atoms with van der Waals surface area (Å²) >= 11 is 0. The van der Waals surface area contributed by atoms with Crippen molar-refractivity contribution in [1.82, 2.24) is 4.90 Å². The van der Waals surface area contributed by atoms with E-state index in [1.54, 1.807) is 0 Å². The highest BCUT2D eigenvalue weighted by atomic mass is 19.4. The number of carbonyl (C=O) groups is 2. The third kappa shape index (κ3) is 6.86. The molecule has 0 saturated carbocycles. The van der Waals surface area contributed by atoms with Gasteiger partial charge in [0.25, 0.3) is 0 Å². The predicted molar refractivity (Wildman–Crippen MR) is 131 cm³/mol. The van der Waals surface area contributed by atoms with Crippen molar-refractivity contribution in [3.05, 3.63) is 64.7 Å². The van der Waals surface area contributed by atoms with E-state index in [1.807, 2.05) is 0 Å². The molecule has 0 saturated heterocycles. The second kappa shape index (κ2) is 11.9. The minimum Gasteiger partial charge on any atom is -0.453 e. The summed E-state index contributed by atoms with van der Waals surface area (Å²) in [5, 5.41) is 0. The molecule has 1 aliphatic heterocycles. The van der Waals surface area contributed by atoms with Gasteiger partial charge >= 0.3 is 30.7 Å². The molecular weight excluding hydrogens is 587 g/mol. The van der Waals surface area contributed by atoms with Gasteiger partial charge in [-0.2, -0.15) is 39.5 Å². The molecule has 1 aliphatic rings. The van der Waals surface area contributed by atoms with Crippen molar-refractivity contribution < 1.29 is 58.6 Å². The van der Waals surface area contributed by atoms with Crippen LogP contribution in [0.5, 0.6) is 0 Å². The molecule has 3 atom stereocenters. The number of alkyl halides is 9. The first kappa shape index (κ1) is 32.9. The van der Waals surface area contributed by atoms with Gasteiger partial charge in [-0.1, -0.05) is 25.1 Å². The van der Waals surface area contributed by atoms with Gasteiger partial charge in [0.15, 0.2) is 0 Å². The number of benzene rings is 2. The molecule has 3 rings (SSSR count). The number of para-hydroxylation sites is 1. The molecule has 0 bridgehead atoms. The Balaban J connectivity index is 2.29. The number of carbonyl (C=O) groups excluding carboxylic acids is 2. The number of amides is 2. The van der Waals surface area contributed by atoms with Crippen LogP contribution in [-0.4, -0.2) is 42.5 Å². The summed E-state index contributed by atoms with van der Waals surface area (Å²) in [6.07, 6.45) is -19.1. The van der Waals surface area contributed by atoms with Crippen molar-refractivity contribution in [2.45, 2.75) is 70.5 Å². The van der Waals surface area contributed by atoms with E-state index in [0.717, 1.165) is 12.0 Å². The molecule has 0 aliphatic carbocycles. The Kier molecular flexibility index (Phi) is 9.32. The van der Waals surface area contributed by atoms with E-state index in [0.29, 0.717) is 17.0 Å². The lowest BCUT2D eigenvalue weighted by Gasteiger charge is -2.49. The molecular formula is C27H27F9N2O4. The standard InChI is InChI=1S/C27H27F9N2O4/c1-5-19-21(27(34,35)36)22(18-8-6-7-9-20(18)38(19)24(40)42-14(2)3)37(23(39)41-4)13-15-10-16(25(28,29)30)12-17(11-15)26(31,32)33/h6-12,14,19,21-22H,5,13H2,1-4H3/t19-,21?,22-/m1/s1. The van der Waals surface area contributed by atoms with Crippen LogP contribution in [0.4, 0.5) is 54.8 Å². The maximum atomic E-state index is 14.9. The van der Waals surface area contributed by atoms with E-state index in [-0.39, 0.29) is 23.7 Å². The number of halogens is 9. The van der Waals surface area contributed by atoms with Gasteiger partial charge in [0.2, 0.25) is 0 Å². The van der Waals surface area contributed by atoms with Crippen LogP contribution in [0.2, 0.25) is 0 Å². The van der Waals surface area contributed by atoms with Gasteiger partial charge in [0.05, 0.1) is 42.1 Å². The lowest BCUT2D eigenvalue weighted by atomic mass is 9.78. The zero-order valence-electron chi connectivity index (χ0n) is 22.7. The summed E-state index contributed by atoms with van der Waals surface area (Å²) in [4.78, 5) is 27.3. The maximum absolute atomic E-state index is 14.9. The fourth-order valence-electron chi connectivity index (χ4n) is 5.09. The monoisotopic (exact) mass is 614 g/mol. The normalized spacial score (nSPS) is 19.4. The number of methoxy groups -OCH3 is 1. The molecule has 0 fully saturated rings. The maximum Gasteiger partial charge on any atom is 0.416 e. The molecule has 42 heavy (non-hydrogen) atoms. The first-order valence-corrected chi connectivity index (χ1v) is 12.6. The summed E-state index contributed by atoms with van der Waals surface area (Å²) in [6, 6.07) is 2.06. The summed E-state index contributed by atoms with van der Waals surface area (Å²) in [5.74, 6) is -2.54. The highest BCUT2D eigenvalue weighted by Gasteiger charge is 2.58. The van der Waals surface area contributed by atoms with Gasteiger partial charge < -0.3 is 9.47 Å². The van der Waals surface area contributed by atoms with Gasteiger partial charge in [-0.25, -0.2) is 9.59 Å². The average molecular weight is 615 g/mol. The molecule has 2 aromatic rings. The van der Waals surface area contributed by atoms with Crippen molar-refractivity contribution in [2.24, 2.45) is 5.92 Å². The number of fused-ring (bicyclic) bond motifs is 1. The third-order valence-electron chi connectivity index (χ3n) is 6.68. The third-order valence-corrected chi connectivity index (χ3v) is 6.68. The Morgan fingerprint density at radius 1 is 0.929 bits per heavy atom. The van der Waals surface area contributed by atoms with Crippen LogP contribution in [0.3, 0.4) is 0 Å². The van der Waals surface area contributed by atoms with E-state index < -0.39 is 78.1 Å². The second-order valence-electron chi connectivity index (χ2n) is 9.86. The highest BCUT2D eigenvalue weighted by molar-refractivity contribution is 5.91. The molecule has 0 aromatic heterocycles. The number of rotatable bonds is 5. The van der Waals surface area contributed by atoms with E-state index in [2.05, 4.69) is 4.74 Å². The topological polar surface area (TPSA) is 59.1 Å². The zero-order valence-corrected chi connectivity index (χ0v) is 22.7. The van der Waals surface area contributed by atoms with Crippen LogP contribution >= 0.6 is 0 Å². The number of hydrogen-bond acceptors (Lipinski definition) is 4. The highest BCUT2D eigenvalue weighted by Crippen LogP contribution is 2.52. The number of hydrogen-bond donors (Lipinski definition) is 0. The van der Waals surface area contributed by atoms with E-state index in [9.17, 15) is 49.1 Å². The van der Waals surface area contributed by atoms with Crippen LogP contribution in [-0.2, 0) is 28.4 Å². The van der Waals surface area contributed by atoms with Crippen LogP contribution in [0.25, 0.3) is 0 Å². The molecule has 2 aromatic carbocycles. The Hall–Kier alpha value is -3.65. The van der Waals surface area contributed by atoms with Crippen LogP contribution < -0.4 is 4.90 Å². The first-order chi connectivity index (χ1) is 19.3. The molecule has 2 amide bonds. The van der Waals surface area contributed by atoms with Gasteiger partial charge in [0.1, 0.15) is 5.92 Å². The van der Waals surface area contributed by atoms with Crippen LogP contribution in [0.1, 0.15) is 55.5 Å². The SMILES string of the molecule is CC[C@@H]1C(C(F)(F)F)[C@H](N(Cc2cc(C(F)(F)F)cc(C(F)(F)F)c2)C(=O)OC)c2ccccc2N1C(=O)OC(C)C. The summed E-state index contributed by atoms with van der Waals surface area (Å²) in [7, 11) is 0.809. The largest absolute Gasteiger partial charge is 0.453 e. The van der Waals surface area contributed by atoms with E-state index in [1.165, 1.54) is 45.0 Å². The fraction of sp³-hybridized carbons (Fsp3) is 0.481. The molecule has 1 unspecified atom stereocenters. The lowest BCUT2D eigenvalue weighted by Crippen LogP contribution is -2.58.